The molecule has 13 heavy (non-hydrogen) atoms. The molecule has 0 fully saturated rings. The highest BCUT2D eigenvalue weighted by molar-refractivity contribution is 7.27. The second-order valence-corrected chi connectivity index (χ2v) is 3.75. The molecule has 1 heterocycles. The summed E-state index contributed by atoms with van der Waals surface area (Å²) in [6.45, 7) is 1.56. The molecule has 0 radical (unpaired) electrons. The van der Waals surface area contributed by atoms with Gasteiger partial charge in [0.15, 0.2) is 5.78 Å². The third kappa shape index (κ3) is 1.50. The van der Waals surface area contributed by atoms with Crippen molar-refractivity contribution < 1.29 is 4.79 Å². The van der Waals surface area contributed by atoms with Gasteiger partial charge in [0.05, 0.1) is 5.69 Å². The lowest BCUT2D eigenvalue weighted by Gasteiger charge is -1.90. The first-order chi connectivity index (χ1) is 6.16. The Morgan fingerprint density at radius 3 is 2.85 bits per heavy atom. The molecule has 1 N–H and O–H groups in total. The van der Waals surface area contributed by atoms with Crippen molar-refractivity contribution in [3.63, 3.8) is 0 Å². The van der Waals surface area contributed by atoms with E-state index in [1.165, 1.54) is 0 Å². The predicted molar refractivity (Wildman–Crippen MR) is 57.6 cm³/mol. The number of rotatable bonds is 1. The fourth-order valence-corrected chi connectivity index (χ4v) is 1.62. The summed E-state index contributed by atoms with van der Waals surface area (Å²) < 4.78 is 0. The topological polar surface area (TPSA) is 32.9 Å². The maximum absolute atomic E-state index is 11.1. The van der Waals surface area contributed by atoms with E-state index < -0.39 is 0 Å². The van der Waals surface area contributed by atoms with E-state index in [9.17, 15) is 4.79 Å². The van der Waals surface area contributed by atoms with Gasteiger partial charge in [-0.3, -0.25) is 4.79 Å². The van der Waals surface area contributed by atoms with Gasteiger partial charge in [0.1, 0.15) is 0 Å². The fraction of sp³-hybridized carbons (Fsp3) is 0.100. The van der Waals surface area contributed by atoms with E-state index in [0.29, 0.717) is 5.69 Å². The van der Waals surface area contributed by atoms with Crippen LogP contribution in [0.2, 0.25) is 0 Å². The minimum Gasteiger partial charge on any atom is -0.352 e. The van der Waals surface area contributed by atoms with Gasteiger partial charge in [-0.15, -0.1) is 9.24 Å². The Bertz CT molecular complexity index is 473. The molecular weight excluding hydrogens is 181 g/mol. The van der Waals surface area contributed by atoms with Crippen molar-refractivity contribution in [2.75, 3.05) is 0 Å². The molecule has 1 aromatic carbocycles. The molecule has 66 valence electrons. The van der Waals surface area contributed by atoms with E-state index >= 15 is 0 Å². The molecule has 0 saturated carbocycles. The maximum Gasteiger partial charge on any atom is 0.175 e. The van der Waals surface area contributed by atoms with Gasteiger partial charge in [0.2, 0.25) is 0 Å². The van der Waals surface area contributed by atoms with Crippen molar-refractivity contribution >= 4 is 31.2 Å². The Kier molecular flexibility index (Phi) is 1.93. The molecule has 0 saturated heterocycles. The van der Waals surface area contributed by atoms with Crippen LogP contribution >= 0.6 is 9.24 Å². The van der Waals surface area contributed by atoms with Gasteiger partial charge in [-0.2, -0.15) is 0 Å². The molecule has 0 bridgehead atoms. The highest BCUT2D eigenvalue weighted by Gasteiger charge is 2.03. The Hall–Kier alpha value is -1.14. The number of hydrogen-bond acceptors (Lipinski definition) is 1. The average Bonchev–Trinajstić information content (AvgIpc) is 2.46. The smallest absolute Gasteiger partial charge is 0.175 e. The number of carbonyl (C=O) groups is 1. The lowest BCUT2D eigenvalue weighted by Crippen LogP contribution is -1.89. The van der Waals surface area contributed by atoms with E-state index in [2.05, 4.69) is 14.2 Å². The molecule has 0 amide bonds. The zero-order chi connectivity index (χ0) is 9.42. The normalized spacial score (nSPS) is 10.6. The Balaban J connectivity index is 2.68. The highest BCUT2D eigenvalue weighted by atomic mass is 31.0. The largest absolute Gasteiger partial charge is 0.352 e. The molecule has 1 unspecified atom stereocenters. The Morgan fingerprint density at radius 1 is 1.38 bits per heavy atom. The van der Waals surface area contributed by atoms with Gasteiger partial charge in [-0.1, -0.05) is 6.07 Å². The Morgan fingerprint density at radius 2 is 2.15 bits per heavy atom. The molecule has 0 aliphatic carbocycles. The van der Waals surface area contributed by atoms with E-state index in [0.717, 1.165) is 16.2 Å². The molecule has 0 aliphatic heterocycles. The average molecular weight is 191 g/mol. The van der Waals surface area contributed by atoms with Crippen LogP contribution in [0, 0.1) is 0 Å². The number of aromatic nitrogens is 1. The van der Waals surface area contributed by atoms with Crippen LogP contribution in [0.4, 0.5) is 0 Å². The summed E-state index contributed by atoms with van der Waals surface area (Å²) in [5.41, 5.74) is 1.68. The zero-order valence-corrected chi connectivity index (χ0v) is 8.45. The first-order valence-corrected chi connectivity index (χ1v) is 4.64. The minimum absolute atomic E-state index is 0.0708. The number of fused-ring (bicyclic) bond motifs is 1. The number of benzene rings is 1. The molecule has 1 atom stereocenters. The number of hydrogen-bond donors (Lipinski definition) is 1. The monoisotopic (exact) mass is 191 g/mol. The predicted octanol–water partition coefficient (Wildman–Crippen LogP) is 1.87. The summed E-state index contributed by atoms with van der Waals surface area (Å²) in [6.07, 6.45) is 0. The quantitative estimate of drug-likeness (QED) is 0.541. The maximum atomic E-state index is 11.1. The number of aromatic amines is 1. The summed E-state index contributed by atoms with van der Waals surface area (Å²) in [5.74, 6) is 0.0708. The summed E-state index contributed by atoms with van der Waals surface area (Å²) in [5, 5.41) is 2.21. The van der Waals surface area contributed by atoms with Crippen molar-refractivity contribution in [1.29, 1.82) is 0 Å². The standard InChI is InChI=1S/C10H10NOP/c1-6(12)10-5-7-4-8(13)2-3-9(7)11-10/h2-5,11H,13H2,1H3. The van der Waals surface area contributed by atoms with E-state index in [1.54, 1.807) is 6.92 Å². The molecule has 0 aliphatic rings. The lowest BCUT2D eigenvalue weighted by atomic mass is 10.2. The number of carbonyl (C=O) groups excluding carboxylic acids is 1. The van der Waals surface area contributed by atoms with Crippen LogP contribution in [0.3, 0.4) is 0 Å². The summed E-state index contributed by atoms with van der Waals surface area (Å²) in [7, 11) is 2.64. The second kappa shape index (κ2) is 2.97. The van der Waals surface area contributed by atoms with E-state index in [-0.39, 0.29) is 5.78 Å². The van der Waals surface area contributed by atoms with Gasteiger partial charge >= 0.3 is 0 Å². The van der Waals surface area contributed by atoms with Crippen molar-refractivity contribution in [3.05, 3.63) is 30.0 Å². The van der Waals surface area contributed by atoms with Crippen LogP contribution in [0.1, 0.15) is 17.4 Å². The minimum atomic E-state index is 0.0708. The number of ketones is 1. The van der Waals surface area contributed by atoms with Crippen LogP contribution in [0.15, 0.2) is 24.3 Å². The third-order valence-electron chi connectivity index (χ3n) is 2.02. The number of H-pyrrole nitrogens is 1. The lowest BCUT2D eigenvalue weighted by molar-refractivity contribution is 0.101. The molecule has 1 aromatic heterocycles. The Labute approximate surface area is 78.5 Å². The van der Waals surface area contributed by atoms with Gasteiger partial charge in [0, 0.05) is 17.8 Å². The van der Waals surface area contributed by atoms with Gasteiger partial charge in [-0.05, 0) is 23.5 Å². The van der Waals surface area contributed by atoms with Crippen LogP contribution in [0.25, 0.3) is 10.9 Å². The third-order valence-corrected chi connectivity index (χ3v) is 2.38. The highest BCUT2D eigenvalue weighted by Crippen LogP contribution is 2.14. The van der Waals surface area contributed by atoms with Gasteiger partial charge in [-0.25, -0.2) is 0 Å². The number of nitrogens with one attached hydrogen (secondary N) is 1. The summed E-state index contributed by atoms with van der Waals surface area (Å²) in [6, 6.07) is 7.88. The number of Topliss-reactive ketones (excluding diaryl/α,β-unsaturated/α-hetero) is 1. The molecular formula is C10H10NOP. The SMILES string of the molecule is CC(=O)c1cc2cc(P)ccc2[nH]1. The molecule has 0 spiro atoms. The summed E-state index contributed by atoms with van der Waals surface area (Å²) >= 11 is 0. The first-order valence-electron chi connectivity index (χ1n) is 4.06. The van der Waals surface area contributed by atoms with Crippen molar-refractivity contribution in [1.82, 2.24) is 4.98 Å². The van der Waals surface area contributed by atoms with Crippen molar-refractivity contribution in [2.45, 2.75) is 6.92 Å². The van der Waals surface area contributed by atoms with E-state index in [4.69, 9.17) is 0 Å². The molecule has 2 nitrogen and oxygen atoms in total. The molecule has 2 rings (SSSR count). The van der Waals surface area contributed by atoms with E-state index in [1.807, 2.05) is 24.3 Å². The van der Waals surface area contributed by atoms with Gasteiger partial charge < -0.3 is 4.98 Å². The molecule has 3 heteroatoms. The van der Waals surface area contributed by atoms with Crippen LogP contribution < -0.4 is 5.30 Å². The fourth-order valence-electron chi connectivity index (χ4n) is 1.34. The van der Waals surface area contributed by atoms with Crippen LogP contribution in [0.5, 0.6) is 0 Å². The molecule has 2 aromatic rings. The summed E-state index contributed by atoms with van der Waals surface area (Å²) in [4.78, 5) is 14.1. The van der Waals surface area contributed by atoms with Crippen LogP contribution in [-0.2, 0) is 0 Å². The van der Waals surface area contributed by atoms with Gasteiger partial charge in [0.25, 0.3) is 0 Å². The second-order valence-electron chi connectivity index (χ2n) is 3.09. The van der Waals surface area contributed by atoms with Crippen molar-refractivity contribution in [2.24, 2.45) is 0 Å². The van der Waals surface area contributed by atoms with Crippen molar-refractivity contribution in [3.8, 4) is 0 Å². The first kappa shape index (κ1) is 8.46. The zero-order valence-electron chi connectivity index (χ0n) is 7.29. The van der Waals surface area contributed by atoms with Crippen LogP contribution in [-0.4, -0.2) is 10.8 Å².